The monoisotopic (exact) mass is 399 g/mol. The van der Waals surface area contributed by atoms with E-state index in [0.717, 1.165) is 25.2 Å². The molecule has 1 fully saturated rings. The molecule has 1 aliphatic heterocycles. The van der Waals surface area contributed by atoms with Gasteiger partial charge >= 0.3 is 6.03 Å². The molecule has 7 nitrogen and oxygen atoms in total. The lowest BCUT2D eigenvalue weighted by Gasteiger charge is -2.37. The highest BCUT2D eigenvalue weighted by Gasteiger charge is 2.26. The van der Waals surface area contributed by atoms with E-state index in [-0.39, 0.29) is 18.5 Å². The lowest BCUT2D eigenvalue weighted by Crippen LogP contribution is -2.52. The van der Waals surface area contributed by atoms with E-state index < -0.39 is 5.82 Å². The SMILES string of the molecule is CCN1CCN(C(=O)N(Cc2ccc(C(=O)NN)cc2)c2cccc(F)c2)CC1. The maximum atomic E-state index is 13.8. The van der Waals surface area contributed by atoms with E-state index >= 15 is 0 Å². The second-order valence-electron chi connectivity index (χ2n) is 6.94. The van der Waals surface area contributed by atoms with Crippen LogP contribution < -0.4 is 16.2 Å². The third-order valence-corrected chi connectivity index (χ3v) is 5.13. The Morgan fingerprint density at radius 2 is 1.79 bits per heavy atom. The van der Waals surface area contributed by atoms with Crippen molar-refractivity contribution in [2.45, 2.75) is 13.5 Å². The summed E-state index contributed by atoms with van der Waals surface area (Å²) in [5.74, 6) is 4.38. The van der Waals surface area contributed by atoms with Gasteiger partial charge < -0.3 is 9.80 Å². The number of carbonyl (C=O) groups is 2. The van der Waals surface area contributed by atoms with Crippen LogP contribution in [0.15, 0.2) is 48.5 Å². The first-order valence-electron chi connectivity index (χ1n) is 9.66. The molecule has 0 radical (unpaired) electrons. The fourth-order valence-corrected chi connectivity index (χ4v) is 3.37. The fraction of sp³-hybridized carbons (Fsp3) is 0.333. The number of likely N-dealkylation sites (N-methyl/N-ethyl adjacent to an activating group) is 1. The summed E-state index contributed by atoms with van der Waals surface area (Å²) < 4.78 is 13.8. The van der Waals surface area contributed by atoms with Crippen molar-refractivity contribution in [3.8, 4) is 0 Å². The number of urea groups is 1. The predicted octanol–water partition coefficient (Wildman–Crippen LogP) is 2.19. The van der Waals surface area contributed by atoms with Crippen LogP contribution in [0.4, 0.5) is 14.9 Å². The third kappa shape index (κ3) is 5.10. The predicted molar refractivity (Wildman–Crippen MR) is 110 cm³/mol. The number of halogens is 1. The van der Waals surface area contributed by atoms with Crippen LogP contribution in [0.5, 0.6) is 0 Å². The van der Waals surface area contributed by atoms with Gasteiger partial charge in [-0.25, -0.2) is 15.0 Å². The number of hydrogen-bond acceptors (Lipinski definition) is 4. The first-order valence-corrected chi connectivity index (χ1v) is 9.66. The smallest absolute Gasteiger partial charge is 0.322 e. The molecule has 2 aromatic rings. The summed E-state index contributed by atoms with van der Waals surface area (Å²) in [7, 11) is 0. The van der Waals surface area contributed by atoms with Gasteiger partial charge in [0, 0.05) is 37.4 Å². The molecule has 0 saturated carbocycles. The number of nitrogens with zero attached hydrogens (tertiary/aromatic N) is 3. The fourth-order valence-electron chi connectivity index (χ4n) is 3.37. The molecule has 0 spiro atoms. The maximum Gasteiger partial charge on any atom is 0.324 e. The van der Waals surface area contributed by atoms with E-state index in [9.17, 15) is 14.0 Å². The molecule has 29 heavy (non-hydrogen) atoms. The third-order valence-electron chi connectivity index (χ3n) is 5.13. The lowest BCUT2D eigenvalue weighted by molar-refractivity contribution is 0.0953. The summed E-state index contributed by atoms with van der Waals surface area (Å²) in [4.78, 5) is 30.5. The van der Waals surface area contributed by atoms with Crippen LogP contribution in [0, 0.1) is 5.82 Å². The molecule has 3 N–H and O–H groups in total. The van der Waals surface area contributed by atoms with E-state index in [2.05, 4.69) is 17.2 Å². The van der Waals surface area contributed by atoms with Crippen molar-refractivity contribution in [2.75, 3.05) is 37.6 Å². The molecular weight excluding hydrogens is 373 g/mol. The van der Waals surface area contributed by atoms with Gasteiger partial charge in [0.15, 0.2) is 0 Å². The van der Waals surface area contributed by atoms with E-state index in [1.807, 2.05) is 0 Å². The van der Waals surface area contributed by atoms with Gasteiger partial charge in [0.1, 0.15) is 5.82 Å². The molecule has 0 aliphatic carbocycles. The molecule has 0 aromatic heterocycles. The molecule has 1 saturated heterocycles. The number of benzene rings is 2. The maximum absolute atomic E-state index is 13.8. The van der Waals surface area contributed by atoms with Gasteiger partial charge in [-0.15, -0.1) is 0 Å². The van der Waals surface area contributed by atoms with Crippen molar-refractivity contribution in [3.63, 3.8) is 0 Å². The van der Waals surface area contributed by atoms with Gasteiger partial charge in [-0.2, -0.15) is 0 Å². The van der Waals surface area contributed by atoms with Crippen molar-refractivity contribution >= 4 is 17.6 Å². The van der Waals surface area contributed by atoms with Crippen LogP contribution >= 0.6 is 0 Å². The Balaban J connectivity index is 1.82. The zero-order valence-corrected chi connectivity index (χ0v) is 16.5. The van der Waals surface area contributed by atoms with Crippen LogP contribution in [0.3, 0.4) is 0 Å². The summed E-state index contributed by atoms with van der Waals surface area (Å²) in [6, 6.07) is 12.7. The highest BCUT2D eigenvalue weighted by Crippen LogP contribution is 2.21. The zero-order valence-electron chi connectivity index (χ0n) is 16.5. The molecule has 0 atom stereocenters. The topological polar surface area (TPSA) is 81.9 Å². The minimum Gasteiger partial charge on any atom is -0.322 e. The van der Waals surface area contributed by atoms with Gasteiger partial charge in [-0.1, -0.05) is 25.1 Å². The Bertz CT molecular complexity index is 850. The number of hydrogen-bond donors (Lipinski definition) is 2. The molecule has 2 aromatic carbocycles. The zero-order chi connectivity index (χ0) is 20.8. The molecule has 8 heteroatoms. The number of carbonyl (C=O) groups excluding carboxylic acids is 2. The summed E-state index contributed by atoms with van der Waals surface area (Å²) in [6.45, 7) is 6.23. The number of nitrogens with two attached hydrogens (primary N) is 1. The summed E-state index contributed by atoms with van der Waals surface area (Å²) in [6.07, 6.45) is 0. The molecule has 1 heterocycles. The largest absolute Gasteiger partial charge is 0.324 e. The van der Waals surface area contributed by atoms with Crippen molar-refractivity contribution in [1.29, 1.82) is 0 Å². The number of anilines is 1. The standard InChI is InChI=1S/C21H26FN5O2/c1-2-25-10-12-26(13-11-25)21(29)27(19-5-3-4-18(22)14-19)15-16-6-8-17(9-7-16)20(28)24-23/h3-9,14H,2,10-13,15,23H2,1H3,(H,24,28). The molecule has 0 unspecified atom stereocenters. The minimum atomic E-state index is -0.397. The highest BCUT2D eigenvalue weighted by molar-refractivity contribution is 5.94. The van der Waals surface area contributed by atoms with Crippen molar-refractivity contribution < 1.29 is 14.0 Å². The molecule has 0 bridgehead atoms. The molecular formula is C21H26FN5O2. The van der Waals surface area contributed by atoms with E-state index in [1.54, 1.807) is 46.2 Å². The number of hydrazine groups is 1. The first-order chi connectivity index (χ1) is 14.0. The van der Waals surface area contributed by atoms with Crippen LogP contribution in [0.25, 0.3) is 0 Å². The second-order valence-corrected chi connectivity index (χ2v) is 6.94. The lowest BCUT2D eigenvalue weighted by atomic mass is 10.1. The summed E-state index contributed by atoms with van der Waals surface area (Å²) >= 11 is 0. The van der Waals surface area contributed by atoms with Crippen LogP contribution in [0.2, 0.25) is 0 Å². The molecule has 3 amide bonds. The van der Waals surface area contributed by atoms with Gasteiger partial charge in [-0.3, -0.25) is 15.1 Å². The van der Waals surface area contributed by atoms with E-state index in [0.29, 0.717) is 24.3 Å². The van der Waals surface area contributed by atoms with Crippen LogP contribution in [-0.2, 0) is 6.54 Å². The second kappa shape index (κ2) is 9.49. The van der Waals surface area contributed by atoms with Gasteiger partial charge in [-0.05, 0) is 42.4 Å². The summed E-state index contributed by atoms with van der Waals surface area (Å²) in [5.41, 5.74) is 3.83. The Hall–Kier alpha value is -2.97. The number of nitrogen functional groups attached to an aromatic ring is 1. The minimum absolute atomic E-state index is 0.157. The van der Waals surface area contributed by atoms with E-state index in [1.165, 1.54) is 12.1 Å². The Morgan fingerprint density at radius 1 is 1.10 bits per heavy atom. The Morgan fingerprint density at radius 3 is 2.38 bits per heavy atom. The van der Waals surface area contributed by atoms with Gasteiger partial charge in [0.25, 0.3) is 5.91 Å². The first kappa shape index (κ1) is 20.8. The summed E-state index contributed by atoms with van der Waals surface area (Å²) in [5, 5.41) is 0. The number of rotatable bonds is 5. The number of nitrogens with one attached hydrogen (secondary N) is 1. The number of amides is 3. The molecule has 154 valence electrons. The normalized spacial score (nSPS) is 14.5. The van der Waals surface area contributed by atoms with Gasteiger partial charge in [0.05, 0.1) is 6.54 Å². The molecule has 3 rings (SSSR count). The average molecular weight is 399 g/mol. The van der Waals surface area contributed by atoms with Gasteiger partial charge in [0.2, 0.25) is 0 Å². The van der Waals surface area contributed by atoms with Crippen molar-refractivity contribution in [3.05, 3.63) is 65.5 Å². The Labute approximate surface area is 169 Å². The van der Waals surface area contributed by atoms with Crippen molar-refractivity contribution in [1.82, 2.24) is 15.2 Å². The Kier molecular flexibility index (Phi) is 6.79. The van der Waals surface area contributed by atoms with Crippen LogP contribution in [-0.4, -0.2) is 54.5 Å². The van der Waals surface area contributed by atoms with Crippen molar-refractivity contribution in [2.24, 2.45) is 5.84 Å². The highest BCUT2D eigenvalue weighted by atomic mass is 19.1. The van der Waals surface area contributed by atoms with E-state index in [4.69, 9.17) is 5.84 Å². The molecule has 1 aliphatic rings. The van der Waals surface area contributed by atoms with Crippen LogP contribution in [0.1, 0.15) is 22.8 Å². The average Bonchev–Trinajstić information content (AvgIpc) is 2.77. The quantitative estimate of drug-likeness (QED) is 0.459. The number of piperazine rings is 1.